The number of hydrogen-bond donors (Lipinski definition) is 0. The molecule has 0 bridgehead atoms. The fourth-order valence-electron chi connectivity index (χ4n) is 1.94. The van der Waals surface area contributed by atoms with Crippen molar-refractivity contribution in [2.24, 2.45) is 0 Å². The molecule has 0 N–H and O–H groups in total. The summed E-state index contributed by atoms with van der Waals surface area (Å²) in [6.45, 7) is 0.925. The van der Waals surface area contributed by atoms with Crippen LogP contribution in [0.1, 0.15) is 23.2 Å². The summed E-state index contributed by atoms with van der Waals surface area (Å²) >= 11 is 5.95. The summed E-state index contributed by atoms with van der Waals surface area (Å²) in [6.07, 6.45) is 1.63. The Morgan fingerprint density at radius 3 is 2.88 bits per heavy atom. The van der Waals surface area contributed by atoms with E-state index < -0.39 is 17.5 Å². The lowest BCUT2D eigenvalue weighted by Crippen LogP contribution is -2.40. The number of carbonyl (C=O) groups is 1. The van der Waals surface area contributed by atoms with E-state index >= 15 is 0 Å². The number of likely N-dealkylation sites (tertiary alicyclic amines) is 1. The van der Waals surface area contributed by atoms with Crippen LogP contribution < -0.4 is 0 Å². The first kappa shape index (κ1) is 12.3. The molecule has 92 valence electrons. The van der Waals surface area contributed by atoms with E-state index in [-0.39, 0.29) is 10.9 Å². The average Bonchev–Trinajstić information content (AvgIpc) is 2.31. The maximum absolute atomic E-state index is 13.4. The highest BCUT2D eigenvalue weighted by Gasteiger charge is 2.25. The number of hydrogen-bond acceptors (Lipinski definition) is 1. The minimum absolute atomic E-state index is 0.107. The topological polar surface area (TPSA) is 20.3 Å². The monoisotopic (exact) mass is 259 g/mol. The molecule has 1 heterocycles. The van der Waals surface area contributed by atoms with Gasteiger partial charge >= 0.3 is 0 Å². The predicted molar refractivity (Wildman–Crippen MR) is 61.1 cm³/mol. The maximum atomic E-state index is 13.4. The molecule has 2 nitrogen and oxygen atoms in total. The molecule has 0 saturated carbocycles. The van der Waals surface area contributed by atoms with Crippen LogP contribution in [0.25, 0.3) is 0 Å². The van der Waals surface area contributed by atoms with Gasteiger partial charge in [0.15, 0.2) is 0 Å². The Bertz CT molecular complexity index is 439. The minimum atomic E-state index is -0.701. The fourth-order valence-corrected chi connectivity index (χ4v) is 2.26. The van der Waals surface area contributed by atoms with E-state index in [1.807, 2.05) is 0 Å². The van der Waals surface area contributed by atoms with Gasteiger partial charge in [0.2, 0.25) is 0 Å². The van der Waals surface area contributed by atoms with Crippen molar-refractivity contribution in [1.82, 2.24) is 4.90 Å². The van der Waals surface area contributed by atoms with Crippen molar-refractivity contribution in [3.63, 3.8) is 0 Å². The first-order chi connectivity index (χ1) is 8.08. The number of halogens is 3. The van der Waals surface area contributed by atoms with E-state index in [0.717, 1.165) is 31.0 Å². The average molecular weight is 260 g/mol. The zero-order valence-electron chi connectivity index (χ0n) is 9.13. The van der Waals surface area contributed by atoms with Gasteiger partial charge in [-0.15, -0.1) is 11.6 Å². The molecule has 1 fully saturated rings. The van der Waals surface area contributed by atoms with E-state index in [9.17, 15) is 13.6 Å². The number of nitrogens with zero attached hydrogens (tertiary/aromatic N) is 1. The third-order valence-electron chi connectivity index (χ3n) is 2.81. The number of piperidine rings is 1. The highest BCUT2D eigenvalue weighted by Crippen LogP contribution is 2.19. The molecule has 1 saturated heterocycles. The smallest absolute Gasteiger partial charge is 0.256 e. The van der Waals surface area contributed by atoms with Crippen molar-refractivity contribution in [1.29, 1.82) is 0 Å². The van der Waals surface area contributed by atoms with Crippen molar-refractivity contribution >= 4 is 17.5 Å². The standard InChI is InChI=1S/C12H12ClF2NO/c13-8-2-1-5-16(7-8)12(17)10-6-9(14)3-4-11(10)15/h3-4,6,8H,1-2,5,7H2. The zero-order chi connectivity index (χ0) is 12.4. The molecular weight excluding hydrogens is 248 g/mol. The van der Waals surface area contributed by atoms with Crippen LogP contribution in [0.2, 0.25) is 0 Å². The first-order valence-corrected chi connectivity index (χ1v) is 5.90. The Hall–Kier alpha value is -1.16. The van der Waals surface area contributed by atoms with Crippen molar-refractivity contribution < 1.29 is 13.6 Å². The Balaban J connectivity index is 2.21. The number of rotatable bonds is 1. The van der Waals surface area contributed by atoms with Crippen LogP contribution in [-0.4, -0.2) is 29.3 Å². The van der Waals surface area contributed by atoms with Gasteiger partial charge in [0, 0.05) is 13.1 Å². The van der Waals surface area contributed by atoms with E-state index in [1.165, 1.54) is 4.90 Å². The summed E-state index contributed by atoms with van der Waals surface area (Å²) in [5.41, 5.74) is -0.226. The molecule has 1 aliphatic heterocycles. The van der Waals surface area contributed by atoms with Gasteiger partial charge in [0.1, 0.15) is 11.6 Å². The van der Waals surface area contributed by atoms with Crippen molar-refractivity contribution in [3.05, 3.63) is 35.4 Å². The summed E-state index contributed by atoms with van der Waals surface area (Å²) in [7, 11) is 0. The lowest BCUT2D eigenvalue weighted by molar-refractivity contribution is 0.0721. The largest absolute Gasteiger partial charge is 0.337 e. The van der Waals surface area contributed by atoms with Gasteiger partial charge in [-0.3, -0.25) is 4.79 Å². The second-order valence-corrected chi connectivity index (χ2v) is 4.73. The lowest BCUT2D eigenvalue weighted by Gasteiger charge is -2.29. The number of alkyl halides is 1. The molecule has 1 unspecified atom stereocenters. The number of amides is 1. The molecule has 0 aromatic heterocycles. The number of carbonyl (C=O) groups excluding carboxylic acids is 1. The van der Waals surface area contributed by atoms with E-state index in [2.05, 4.69) is 0 Å². The van der Waals surface area contributed by atoms with Crippen LogP contribution in [0.4, 0.5) is 8.78 Å². The first-order valence-electron chi connectivity index (χ1n) is 5.46. The zero-order valence-corrected chi connectivity index (χ0v) is 9.88. The highest BCUT2D eigenvalue weighted by atomic mass is 35.5. The Labute approximate surface area is 103 Å². The van der Waals surface area contributed by atoms with Gasteiger partial charge < -0.3 is 4.90 Å². The quantitative estimate of drug-likeness (QED) is 0.710. The van der Waals surface area contributed by atoms with Crippen LogP contribution >= 0.6 is 11.6 Å². The van der Waals surface area contributed by atoms with Gasteiger partial charge in [-0.2, -0.15) is 0 Å². The van der Waals surface area contributed by atoms with E-state index in [1.54, 1.807) is 0 Å². The summed E-state index contributed by atoms with van der Waals surface area (Å²) in [4.78, 5) is 13.5. The predicted octanol–water partition coefficient (Wildman–Crippen LogP) is 2.81. The van der Waals surface area contributed by atoms with Crippen LogP contribution in [0.15, 0.2) is 18.2 Å². The Morgan fingerprint density at radius 2 is 2.18 bits per heavy atom. The van der Waals surface area contributed by atoms with Crippen molar-refractivity contribution in [2.75, 3.05) is 13.1 Å². The third-order valence-corrected chi connectivity index (χ3v) is 3.17. The van der Waals surface area contributed by atoms with E-state index in [4.69, 9.17) is 11.6 Å². The third kappa shape index (κ3) is 2.75. The van der Waals surface area contributed by atoms with E-state index in [0.29, 0.717) is 13.1 Å². The summed E-state index contributed by atoms with van der Waals surface area (Å²) in [5.74, 6) is -1.81. The molecule has 2 rings (SSSR count). The molecule has 1 aliphatic rings. The molecule has 0 radical (unpaired) electrons. The van der Waals surface area contributed by atoms with Crippen molar-refractivity contribution in [3.8, 4) is 0 Å². The summed E-state index contributed by atoms with van der Waals surface area (Å²) in [6, 6.07) is 2.88. The van der Waals surface area contributed by atoms with Gasteiger partial charge in [-0.25, -0.2) is 8.78 Å². The molecular formula is C12H12ClF2NO. The molecule has 5 heteroatoms. The molecule has 17 heavy (non-hydrogen) atoms. The van der Waals surface area contributed by atoms with Gasteiger partial charge in [0.05, 0.1) is 10.9 Å². The fraction of sp³-hybridized carbons (Fsp3) is 0.417. The molecule has 1 atom stereocenters. The van der Waals surface area contributed by atoms with Crippen molar-refractivity contribution in [2.45, 2.75) is 18.2 Å². The minimum Gasteiger partial charge on any atom is -0.337 e. The summed E-state index contributed by atoms with van der Waals surface area (Å²) < 4.78 is 26.4. The molecule has 0 spiro atoms. The summed E-state index contributed by atoms with van der Waals surface area (Å²) in [5, 5.41) is -0.107. The lowest BCUT2D eigenvalue weighted by atomic mass is 10.1. The normalized spacial score (nSPS) is 20.4. The van der Waals surface area contributed by atoms with Crippen LogP contribution in [0.3, 0.4) is 0 Å². The van der Waals surface area contributed by atoms with Gasteiger partial charge in [-0.05, 0) is 31.0 Å². The van der Waals surface area contributed by atoms with Crippen LogP contribution in [-0.2, 0) is 0 Å². The van der Waals surface area contributed by atoms with Gasteiger partial charge in [0.25, 0.3) is 5.91 Å². The molecule has 1 aromatic rings. The Morgan fingerprint density at radius 1 is 1.41 bits per heavy atom. The van der Waals surface area contributed by atoms with Crippen LogP contribution in [0.5, 0.6) is 0 Å². The Kier molecular flexibility index (Phi) is 3.62. The highest BCUT2D eigenvalue weighted by molar-refractivity contribution is 6.21. The second kappa shape index (κ2) is 5.00. The molecule has 1 aromatic carbocycles. The van der Waals surface area contributed by atoms with Crippen LogP contribution in [0, 0.1) is 11.6 Å². The molecule has 0 aliphatic carbocycles. The second-order valence-electron chi connectivity index (χ2n) is 4.11. The van der Waals surface area contributed by atoms with Gasteiger partial charge in [-0.1, -0.05) is 0 Å². The number of benzene rings is 1. The molecule has 1 amide bonds. The maximum Gasteiger partial charge on any atom is 0.256 e. The SMILES string of the molecule is O=C(c1cc(F)ccc1F)N1CCCC(Cl)C1.